The smallest absolute Gasteiger partial charge is 0.395 e. The fraction of sp³-hybridized carbons (Fsp3) is 0.348. The van der Waals surface area contributed by atoms with Crippen molar-refractivity contribution in [2.24, 2.45) is 0 Å². The second kappa shape index (κ2) is 6.88. The van der Waals surface area contributed by atoms with Crippen molar-refractivity contribution in [2.45, 2.75) is 43.8 Å². The Balaban J connectivity index is 1.47. The molecule has 5 rings (SSSR count). The van der Waals surface area contributed by atoms with E-state index in [1.165, 1.54) is 30.3 Å². The van der Waals surface area contributed by atoms with Crippen molar-refractivity contribution in [3.05, 3.63) is 53.5 Å². The van der Waals surface area contributed by atoms with Crippen LogP contribution in [0.15, 0.2) is 36.4 Å². The fourth-order valence-electron chi connectivity index (χ4n) is 4.06. The first-order valence-electron chi connectivity index (χ1n) is 10.3. The van der Waals surface area contributed by atoms with E-state index in [1.54, 1.807) is 6.07 Å². The average Bonchev–Trinajstić information content (AvgIpc) is 3.36. The minimum absolute atomic E-state index is 0.135. The molecule has 1 amide bonds. The molecule has 0 saturated heterocycles. The zero-order valence-electron chi connectivity index (χ0n) is 17.8. The molecule has 0 radical (unpaired) electrons. The van der Waals surface area contributed by atoms with Crippen molar-refractivity contribution in [1.82, 2.24) is 4.98 Å². The number of aliphatic hydroxyl groups is 1. The third-order valence-corrected chi connectivity index (χ3v) is 6.35. The average molecular weight is 462 g/mol. The molecule has 1 saturated carbocycles. The van der Waals surface area contributed by atoms with Gasteiger partial charge in [-0.05, 0) is 42.7 Å². The van der Waals surface area contributed by atoms with E-state index >= 15 is 0 Å². The molecule has 7 nitrogen and oxygen atoms in total. The van der Waals surface area contributed by atoms with Gasteiger partial charge < -0.3 is 19.6 Å². The molecule has 0 bridgehead atoms. The topological polar surface area (TPSA) is 95.0 Å². The summed E-state index contributed by atoms with van der Waals surface area (Å²) in [6.07, 6.45) is -3.09. The number of carbonyl (C=O) groups excluding carboxylic acids is 1. The first-order valence-corrected chi connectivity index (χ1v) is 10.3. The van der Waals surface area contributed by atoms with Gasteiger partial charge in [0.25, 0.3) is 5.91 Å². The van der Waals surface area contributed by atoms with Crippen molar-refractivity contribution in [2.75, 3.05) is 11.7 Å². The highest BCUT2D eigenvalue weighted by atomic mass is 19.3. The van der Waals surface area contributed by atoms with Crippen LogP contribution in [0, 0.1) is 5.82 Å². The lowest BCUT2D eigenvalue weighted by molar-refractivity contribution is -0.286. The second-order valence-corrected chi connectivity index (χ2v) is 9.14. The standard InChI is InChI=1S/C23H21F3N2O5/c1-21(2,11-29)19-8-12-7-16(14(24)10-15(12)27-19)28(31)20(30)22(5-6-22)13-3-4-17-18(9-13)33-23(25,26)32-17/h3-4,7-10,27,29,31H,5-6,11H2,1-2H3. The number of ether oxygens (including phenoxy) is 2. The van der Waals surface area contributed by atoms with Crippen molar-refractivity contribution < 1.29 is 37.8 Å². The van der Waals surface area contributed by atoms with Gasteiger partial charge in [-0.15, -0.1) is 8.78 Å². The van der Waals surface area contributed by atoms with Gasteiger partial charge in [-0.2, -0.15) is 5.06 Å². The Morgan fingerprint density at radius 3 is 2.52 bits per heavy atom. The number of rotatable bonds is 5. The summed E-state index contributed by atoms with van der Waals surface area (Å²) in [5.74, 6) is -1.97. The highest BCUT2D eigenvalue weighted by molar-refractivity contribution is 6.03. The van der Waals surface area contributed by atoms with Crippen LogP contribution in [0.5, 0.6) is 11.5 Å². The molecule has 1 aliphatic heterocycles. The molecule has 174 valence electrons. The van der Waals surface area contributed by atoms with Crippen molar-refractivity contribution in [3.8, 4) is 11.5 Å². The van der Waals surface area contributed by atoms with Gasteiger partial charge in [0.1, 0.15) is 5.69 Å². The summed E-state index contributed by atoms with van der Waals surface area (Å²) >= 11 is 0. The monoisotopic (exact) mass is 462 g/mol. The minimum atomic E-state index is -3.79. The molecule has 0 atom stereocenters. The highest BCUT2D eigenvalue weighted by Gasteiger charge is 2.55. The second-order valence-electron chi connectivity index (χ2n) is 9.14. The van der Waals surface area contributed by atoms with Crippen LogP contribution in [0.25, 0.3) is 10.9 Å². The molecule has 2 heterocycles. The quantitative estimate of drug-likeness (QED) is 0.387. The van der Waals surface area contributed by atoms with Gasteiger partial charge in [0.15, 0.2) is 17.3 Å². The molecule has 2 aliphatic rings. The number of hydroxylamine groups is 1. The normalized spacial score (nSPS) is 17.9. The number of nitrogens with zero attached hydrogens (tertiary/aromatic N) is 1. The van der Waals surface area contributed by atoms with Crippen LogP contribution in [-0.4, -0.2) is 34.1 Å². The molecular weight excluding hydrogens is 441 g/mol. The Bertz CT molecular complexity index is 1280. The predicted octanol–water partition coefficient (Wildman–Crippen LogP) is 4.35. The number of fused-ring (bicyclic) bond motifs is 2. The number of hydrogen-bond donors (Lipinski definition) is 3. The highest BCUT2D eigenvalue weighted by Crippen LogP contribution is 2.53. The molecule has 10 heteroatoms. The van der Waals surface area contributed by atoms with Gasteiger partial charge in [0.05, 0.1) is 12.0 Å². The zero-order valence-corrected chi connectivity index (χ0v) is 17.8. The number of anilines is 1. The summed E-state index contributed by atoms with van der Waals surface area (Å²) in [4.78, 5) is 16.3. The summed E-state index contributed by atoms with van der Waals surface area (Å²) in [5.41, 5.74) is -0.637. The predicted molar refractivity (Wildman–Crippen MR) is 111 cm³/mol. The number of carbonyl (C=O) groups is 1. The summed E-state index contributed by atoms with van der Waals surface area (Å²) in [6.45, 7) is 3.49. The number of hydrogen-bond acceptors (Lipinski definition) is 5. The van der Waals surface area contributed by atoms with Crippen LogP contribution >= 0.6 is 0 Å². The zero-order chi connectivity index (χ0) is 23.8. The van der Waals surface area contributed by atoms with Crippen LogP contribution in [0.2, 0.25) is 0 Å². The van der Waals surface area contributed by atoms with Crippen LogP contribution in [0.3, 0.4) is 0 Å². The molecular formula is C23H21F3N2O5. The number of H-pyrrole nitrogens is 1. The number of aromatic amines is 1. The Labute approximate surface area is 186 Å². The fourth-order valence-corrected chi connectivity index (χ4v) is 4.06. The van der Waals surface area contributed by atoms with E-state index in [0.717, 1.165) is 0 Å². The van der Waals surface area contributed by atoms with Gasteiger partial charge in [-0.3, -0.25) is 10.0 Å². The molecule has 3 N–H and O–H groups in total. The number of benzene rings is 2. The maximum absolute atomic E-state index is 14.9. The Morgan fingerprint density at radius 2 is 1.85 bits per heavy atom. The third-order valence-electron chi connectivity index (χ3n) is 6.35. The largest absolute Gasteiger partial charge is 0.586 e. The van der Waals surface area contributed by atoms with E-state index in [1.807, 2.05) is 13.8 Å². The minimum Gasteiger partial charge on any atom is -0.395 e. The number of aliphatic hydroxyl groups excluding tert-OH is 1. The number of alkyl halides is 2. The van der Waals surface area contributed by atoms with Crippen molar-refractivity contribution in [3.63, 3.8) is 0 Å². The maximum atomic E-state index is 14.9. The van der Waals surface area contributed by atoms with E-state index in [0.29, 0.717) is 35.0 Å². The van der Waals surface area contributed by atoms with Gasteiger partial charge in [0.2, 0.25) is 0 Å². The Hall–Kier alpha value is -3.24. The molecule has 3 aromatic rings. The first-order chi connectivity index (χ1) is 15.5. The Kier molecular flexibility index (Phi) is 4.50. The van der Waals surface area contributed by atoms with Crippen molar-refractivity contribution >= 4 is 22.5 Å². The molecule has 1 aromatic heterocycles. The van der Waals surface area contributed by atoms with Gasteiger partial charge in [-0.25, -0.2) is 4.39 Å². The van der Waals surface area contributed by atoms with Crippen molar-refractivity contribution in [1.29, 1.82) is 0 Å². The van der Waals surface area contributed by atoms with E-state index in [9.17, 15) is 28.3 Å². The molecule has 33 heavy (non-hydrogen) atoms. The van der Waals surface area contributed by atoms with Crippen LogP contribution in [0.4, 0.5) is 18.9 Å². The van der Waals surface area contributed by atoms with Gasteiger partial charge >= 0.3 is 6.29 Å². The van der Waals surface area contributed by atoms with Crippen LogP contribution < -0.4 is 14.5 Å². The lowest BCUT2D eigenvalue weighted by Crippen LogP contribution is -2.37. The SMILES string of the molecule is CC(C)(CO)c1cc2cc(N(O)C(=O)C3(c4ccc5c(c4)OC(F)(F)O5)CC3)c(F)cc2[nH]1. The summed E-state index contributed by atoms with van der Waals surface area (Å²) in [6, 6.07) is 8.24. The number of aromatic nitrogens is 1. The number of amides is 1. The summed E-state index contributed by atoms with van der Waals surface area (Å²) < 4.78 is 50.4. The van der Waals surface area contributed by atoms with E-state index in [-0.39, 0.29) is 28.9 Å². The molecule has 2 aromatic carbocycles. The van der Waals surface area contributed by atoms with Gasteiger partial charge in [0, 0.05) is 28.1 Å². The van der Waals surface area contributed by atoms with E-state index in [2.05, 4.69) is 14.5 Å². The van der Waals surface area contributed by atoms with E-state index in [4.69, 9.17) is 0 Å². The molecule has 1 aliphatic carbocycles. The van der Waals surface area contributed by atoms with Crippen LogP contribution in [0.1, 0.15) is 37.9 Å². The molecule has 0 spiro atoms. The number of nitrogens with one attached hydrogen (secondary N) is 1. The van der Waals surface area contributed by atoms with Crippen LogP contribution in [-0.2, 0) is 15.6 Å². The Morgan fingerprint density at radius 1 is 1.15 bits per heavy atom. The first kappa shape index (κ1) is 21.6. The lowest BCUT2D eigenvalue weighted by Gasteiger charge is -2.22. The summed E-state index contributed by atoms with van der Waals surface area (Å²) in [5, 5.41) is 21.1. The van der Waals surface area contributed by atoms with Gasteiger partial charge in [-0.1, -0.05) is 19.9 Å². The van der Waals surface area contributed by atoms with E-state index < -0.39 is 28.8 Å². The number of halogens is 3. The summed E-state index contributed by atoms with van der Waals surface area (Å²) in [7, 11) is 0. The lowest BCUT2D eigenvalue weighted by atomic mass is 9.91. The molecule has 1 fully saturated rings. The third kappa shape index (κ3) is 3.41. The maximum Gasteiger partial charge on any atom is 0.586 e. The molecule has 0 unspecified atom stereocenters.